The summed E-state index contributed by atoms with van der Waals surface area (Å²) in [7, 11) is 0. The predicted molar refractivity (Wildman–Crippen MR) is 104 cm³/mol. The van der Waals surface area contributed by atoms with E-state index in [0.29, 0.717) is 21.6 Å². The molecule has 3 atom stereocenters. The Hall–Kier alpha value is -2.38. The molecule has 2 aliphatic heterocycles. The van der Waals surface area contributed by atoms with Crippen molar-refractivity contribution in [3.8, 4) is 16.3 Å². The van der Waals surface area contributed by atoms with Crippen molar-refractivity contribution in [2.45, 2.75) is 43.9 Å². The van der Waals surface area contributed by atoms with Crippen LogP contribution in [-0.4, -0.2) is 38.5 Å². The molecule has 2 fully saturated rings. The second-order valence-corrected chi connectivity index (χ2v) is 8.27. The minimum atomic E-state index is -0.963. The number of piperidine rings is 2. The minimum absolute atomic E-state index is 0.0747. The largest absolute Gasteiger partial charge is 0.507 e. The number of fused-ring (bicyclic) bond motifs is 3. The van der Waals surface area contributed by atoms with Crippen LogP contribution in [0.5, 0.6) is 5.75 Å². The molecule has 4 heterocycles. The first kappa shape index (κ1) is 16.8. The number of benzene rings is 1. The molecule has 2 saturated heterocycles. The molecule has 2 aromatic heterocycles. The highest BCUT2D eigenvalue weighted by molar-refractivity contribution is 7.15. The van der Waals surface area contributed by atoms with E-state index in [-0.39, 0.29) is 11.8 Å². The number of alkyl halides is 1. The summed E-state index contributed by atoms with van der Waals surface area (Å²) in [5.74, 6) is 0.144. The fraction of sp³-hybridized carbons (Fsp3) is 0.350. The van der Waals surface area contributed by atoms with Gasteiger partial charge < -0.3 is 10.4 Å². The zero-order valence-electron chi connectivity index (χ0n) is 14.6. The molecule has 0 amide bonds. The fourth-order valence-electron chi connectivity index (χ4n) is 4.10. The number of aromatic hydroxyl groups is 1. The van der Waals surface area contributed by atoms with Crippen LogP contribution in [0.2, 0.25) is 0 Å². The number of rotatable bonds is 2. The van der Waals surface area contributed by atoms with Gasteiger partial charge in [0.05, 0.1) is 5.56 Å². The van der Waals surface area contributed by atoms with E-state index in [0.717, 1.165) is 42.0 Å². The number of nitrogens with zero attached hydrogens (tertiary/aromatic N) is 3. The number of phenolic OH excluding ortho intramolecular Hbond substituents is 1. The first-order chi connectivity index (χ1) is 13.2. The summed E-state index contributed by atoms with van der Waals surface area (Å²) < 4.78 is 14.8. The summed E-state index contributed by atoms with van der Waals surface area (Å²) in [6.45, 7) is 0. The summed E-state index contributed by atoms with van der Waals surface area (Å²) >= 11 is 1.37. The molecule has 2 aliphatic rings. The summed E-state index contributed by atoms with van der Waals surface area (Å²) in [5, 5.41) is 25.4. The summed E-state index contributed by atoms with van der Waals surface area (Å²) in [4.78, 5) is 4.07. The van der Waals surface area contributed by atoms with Crippen LogP contribution in [0.1, 0.15) is 30.7 Å². The molecular formula is C20H19FN4OS. The number of phenols is 1. The molecule has 2 N–H and O–H groups in total. The Balaban J connectivity index is 1.47. The Morgan fingerprint density at radius 3 is 3.07 bits per heavy atom. The molecule has 1 aromatic carbocycles. The molecule has 5 rings (SSSR count). The van der Waals surface area contributed by atoms with Crippen molar-refractivity contribution in [3.63, 3.8) is 0 Å². The van der Waals surface area contributed by atoms with Gasteiger partial charge in [-0.25, -0.2) is 4.39 Å². The topological polar surface area (TPSA) is 70.9 Å². The molecular weight excluding hydrogens is 363 g/mol. The lowest BCUT2D eigenvalue weighted by molar-refractivity contribution is 0.179. The zero-order chi connectivity index (χ0) is 18.4. The molecule has 7 heteroatoms. The fourth-order valence-corrected chi connectivity index (χ4v) is 4.94. The Kier molecular flexibility index (Phi) is 4.13. The van der Waals surface area contributed by atoms with Gasteiger partial charge in [-0.1, -0.05) is 17.8 Å². The van der Waals surface area contributed by atoms with Gasteiger partial charge in [0.25, 0.3) is 0 Å². The zero-order valence-corrected chi connectivity index (χ0v) is 15.4. The van der Waals surface area contributed by atoms with Crippen molar-refractivity contribution >= 4 is 28.2 Å². The Bertz CT molecular complexity index is 1030. The number of aromatic nitrogens is 3. The maximum absolute atomic E-state index is 14.8. The van der Waals surface area contributed by atoms with Crippen molar-refractivity contribution in [1.82, 2.24) is 20.5 Å². The van der Waals surface area contributed by atoms with E-state index in [1.165, 1.54) is 11.3 Å². The molecule has 0 radical (unpaired) electrons. The summed E-state index contributed by atoms with van der Waals surface area (Å²) in [5.41, 5.74) is 1.44. The van der Waals surface area contributed by atoms with Crippen LogP contribution in [-0.2, 0) is 0 Å². The van der Waals surface area contributed by atoms with Crippen LogP contribution < -0.4 is 5.32 Å². The van der Waals surface area contributed by atoms with Gasteiger partial charge in [-0.2, -0.15) is 0 Å². The third-order valence-electron chi connectivity index (χ3n) is 5.44. The highest BCUT2D eigenvalue weighted by Crippen LogP contribution is 2.37. The number of hydrogen-bond donors (Lipinski definition) is 2. The molecule has 3 aromatic rings. The van der Waals surface area contributed by atoms with Gasteiger partial charge in [-0.15, -0.1) is 10.2 Å². The van der Waals surface area contributed by atoms with E-state index in [4.69, 9.17) is 0 Å². The van der Waals surface area contributed by atoms with Gasteiger partial charge in [0, 0.05) is 29.9 Å². The van der Waals surface area contributed by atoms with Crippen LogP contribution in [0.3, 0.4) is 0 Å². The number of hydrogen-bond acceptors (Lipinski definition) is 6. The molecule has 0 aliphatic carbocycles. The van der Waals surface area contributed by atoms with Gasteiger partial charge in [-0.05, 0) is 54.5 Å². The molecule has 138 valence electrons. The number of halogens is 1. The smallest absolute Gasteiger partial charge is 0.151 e. The van der Waals surface area contributed by atoms with Crippen molar-refractivity contribution in [1.29, 1.82) is 0 Å². The SMILES string of the molecule is Oc1cc2cnccc2cc1-c1nnc(/C=C2\C[C@H]3CCC[C@H](N3)[C@H]2F)s1. The lowest BCUT2D eigenvalue weighted by Gasteiger charge is -2.39. The minimum Gasteiger partial charge on any atom is -0.507 e. The van der Waals surface area contributed by atoms with Crippen molar-refractivity contribution in [2.75, 3.05) is 0 Å². The second kappa shape index (κ2) is 6.65. The Morgan fingerprint density at radius 1 is 1.22 bits per heavy atom. The van der Waals surface area contributed by atoms with Crippen LogP contribution in [0.15, 0.2) is 36.2 Å². The van der Waals surface area contributed by atoms with Crippen molar-refractivity contribution in [3.05, 3.63) is 41.2 Å². The number of pyridine rings is 1. The first-order valence-corrected chi connectivity index (χ1v) is 10.0. The highest BCUT2D eigenvalue weighted by atomic mass is 32.1. The predicted octanol–water partition coefficient (Wildman–Crippen LogP) is 4.09. The van der Waals surface area contributed by atoms with E-state index < -0.39 is 6.17 Å². The second-order valence-electron chi connectivity index (χ2n) is 7.26. The molecule has 2 bridgehead atoms. The molecule has 5 nitrogen and oxygen atoms in total. The van der Waals surface area contributed by atoms with Gasteiger partial charge in [0.1, 0.15) is 16.9 Å². The molecule has 0 unspecified atom stereocenters. The van der Waals surface area contributed by atoms with Gasteiger partial charge in [0.2, 0.25) is 0 Å². The van der Waals surface area contributed by atoms with E-state index in [1.54, 1.807) is 18.5 Å². The third kappa shape index (κ3) is 3.11. The van der Waals surface area contributed by atoms with E-state index in [1.807, 2.05) is 18.2 Å². The van der Waals surface area contributed by atoms with Crippen molar-refractivity contribution in [2.24, 2.45) is 0 Å². The maximum atomic E-state index is 14.8. The summed E-state index contributed by atoms with van der Waals surface area (Å²) in [6.07, 6.45) is 8.11. The van der Waals surface area contributed by atoms with E-state index in [2.05, 4.69) is 20.5 Å². The average Bonchev–Trinajstić information content (AvgIpc) is 3.14. The van der Waals surface area contributed by atoms with Gasteiger partial charge in [0.15, 0.2) is 5.01 Å². The van der Waals surface area contributed by atoms with Gasteiger partial charge >= 0.3 is 0 Å². The van der Waals surface area contributed by atoms with Crippen LogP contribution in [0.25, 0.3) is 27.4 Å². The van der Waals surface area contributed by atoms with Crippen LogP contribution in [0, 0.1) is 0 Å². The Morgan fingerprint density at radius 2 is 2.15 bits per heavy atom. The highest BCUT2D eigenvalue weighted by Gasteiger charge is 2.36. The van der Waals surface area contributed by atoms with Crippen molar-refractivity contribution < 1.29 is 9.50 Å². The maximum Gasteiger partial charge on any atom is 0.151 e. The quantitative estimate of drug-likeness (QED) is 0.698. The van der Waals surface area contributed by atoms with Crippen LogP contribution in [0.4, 0.5) is 4.39 Å². The van der Waals surface area contributed by atoms with E-state index in [9.17, 15) is 9.50 Å². The lowest BCUT2D eigenvalue weighted by atomic mass is 9.82. The van der Waals surface area contributed by atoms with E-state index >= 15 is 0 Å². The Labute approximate surface area is 160 Å². The summed E-state index contributed by atoms with van der Waals surface area (Å²) in [6, 6.07) is 5.75. The first-order valence-electron chi connectivity index (χ1n) is 9.18. The molecule has 0 spiro atoms. The molecule has 0 saturated carbocycles. The molecule has 27 heavy (non-hydrogen) atoms. The van der Waals surface area contributed by atoms with Gasteiger partial charge in [-0.3, -0.25) is 4.98 Å². The monoisotopic (exact) mass is 382 g/mol. The average molecular weight is 382 g/mol. The number of nitrogens with one attached hydrogen (secondary N) is 1. The normalized spacial score (nSPS) is 26.6. The third-order valence-corrected chi connectivity index (χ3v) is 6.35. The standard InChI is InChI=1S/C20H19FN4OS/c21-19-12(6-14-2-1-3-16(19)23-14)9-18-24-25-20(27-18)15-7-11-4-5-22-10-13(11)8-17(15)26/h4-5,7-10,14,16,19,23,26H,1-3,6H2/b12-9+/t14-,16+,19+/m1/s1. The van der Waals surface area contributed by atoms with Crippen LogP contribution >= 0.6 is 11.3 Å². The lowest BCUT2D eigenvalue weighted by Crippen LogP contribution is -2.52.